The smallest absolute Gasteiger partial charge is 0.256 e. The molecule has 1 N–H and O–H groups in total. The Morgan fingerprint density at radius 2 is 1.89 bits per heavy atom. The number of hydrogen-bond acceptors (Lipinski definition) is 5. The maximum atomic E-state index is 12.9. The van der Waals surface area contributed by atoms with Crippen molar-refractivity contribution in [2.24, 2.45) is 0 Å². The first-order valence-electron chi connectivity index (χ1n) is 10.2. The number of amides is 1. The summed E-state index contributed by atoms with van der Waals surface area (Å²) >= 11 is 0. The number of carbonyl (C=O) groups is 1. The normalized spacial score (nSPS) is 16.3. The Morgan fingerprint density at radius 3 is 2.50 bits per heavy atom. The highest BCUT2D eigenvalue weighted by Crippen LogP contribution is 2.24. The fourth-order valence-electron chi connectivity index (χ4n) is 3.66. The highest BCUT2D eigenvalue weighted by atomic mass is 16.5. The predicted octanol–water partition coefficient (Wildman–Crippen LogP) is 3.47. The molecule has 1 amide bonds. The highest BCUT2D eigenvalue weighted by molar-refractivity contribution is 5.96. The van der Waals surface area contributed by atoms with E-state index in [-0.39, 0.29) is 17.9 Å². The van der Waals surface area contributed by atoms with Gasteiger partial charge in [-0.05, 0) is 24.5 Å². The van der Waals surface area contributed by atoms with E-state index < -0.39 is 0 Å². The average Bonchev–Trinajstić information content (AvgIpc) is 3.11. The molecule has 1 fully saturated rings. The van der Waals surface area contributed by atoms with Crippen molar-refractivity contribution in [3.05, 3.63) is 52.4 Å². The van der Waals surface area contributed by atoms with Gasteiger partial charge in [-0.2, -0.15) is 0 Å². The number of hydrogen-bond donors (Lipinski definition) is 1. The summed E-state index contributed by atoms with van der Waals surface area (Å²) in [4.78, 5) is 15.3. The zero-order valence-electron chi connectivity index (χ0n) is 17.3. The molecule has 6 nitrogen and oxygen atoms in total. The van der Waals surface area contributed by atoms with Crippen molar-refractivity contribution >= 4 is 5.91 Å². The fraction of sp³-hybridized carbons (Fsp3) is 0.545. The first-order valence-corrected chi connectivity index (χ1v) is 10.2. The third kappa shape index (κ3) is 4.62. The molecular formula is C22H31N3O3. The summed E-state index contributed by atoms with van der Waals surface area (Å²) in [5.41, 5.74) is 3.73. The number of carbonyl (C=O) groups excluding carboxylic acids is 1. The van der Waals surface area contributed by atoms with Crippen molar-refractivity contribution in [3.8, 4) is 0 Å². The lowest BCUT2D eigenvalue weighted by Crippen LogP contribution is -2.44. The molecule has 1 unspecified atom stereocenters. The third-order valence-corrected chi connectivity index (χ3v) is 5.36. The molecule has 0 spiro atoms. The van der Waals surface area contributed by atoms with E-state index in [1.54, 1.807) is 0 Å². The average molecular weight is 386 g/mol. The van der Waals surface area contributed by atoms with Gasteiger partial charge in [0, 0.05) is 25.6 Å². The summed E-state index contributed by atoms with van der Waals surface area (Å²) in [5, 5.41) is 7.11. The number of aryl methyl sites for hydroxylation is 2. The SMILES string of the molecule is CCc1ccc(C(CNC(=O)c2c(C)noc2C(C)C)N2CCOCC2)cc1. The Hall–Kier alpha value is -2.18. The van der Waals surface area contributed by atoms with E-state index in [9.17, 15) is 4.79 Å². The summed E-state index contributed by atoms with van der Waals surface area (Å²) in [7, 11) is 0. The number of nitrogens with one attached hydrogen (secondary N) is 1. The van der Waals surface area contributed by atoms with Crippen LogP contribution in [0.2, 0.25) is 0 Å². The molecular weight excluding hydrogens is 354 g/mol. The van der Waals surface area contributed by atoms with Gasteiger partial charge in [0.15, 0.2) is 5.76 Å². The molecule has 0 aliphatic carbocycles. The number of morpholine rings is 1. The van der Waals surface area contributed by atoms with E-state index >= 15 is 0 Å². The summed E-state index contributed by atoms with van der Waals surface area (Å²) < 4.78 is 10.9. The van der Waals surface area contributed by atoms with Crippen molar-refractivity contribution in [1.29, 1.82) is 0 Å². The Kier molecular flexibility index (Phi) is 6.86. The van der Waals surface area contributed by atoms with Crippen LogP contribution in [0.4, 0.5) is 0 Å². The monoisotopic (exact) mass is 385 g/mol. The Labute approximate surface area is 167 Å². The molecule has 6 heteroatoms. The number of rotatable bonds is 7. The lowest BCUT2D eigenvalue weighted by Gasteiger charge is -2.35. The van der Waals surface area contributed by atoms with Gasteiger partial charge >= 0.3 is 0 Å². The minimum atomic E-state index is -0.120. The van der Waals surface area contributed by atoms with Gasteiger partial charge in [0.05, 0.1) is 24.9 Å². The van der Waals surface area contributed by atoms with Gasteiger partial charge in [-0.15, -0.1) is 0 Å². The fourth-order valence-corrected chi connectivity index (χ4v) is 3.66. The van der Waals surface area contributed by atoms with Crippen LogP contribution in [0.25, 0.3) is 0 Å². The molecule has 1 aliphatic rings. The summed E-state index contributed by atoms with van der Waals surface area (Å²) in [6.45, 7) is 11.7. The number of nitrogens with zero attached hydrogens (tertiary/aromatic N) is 2. The minimum absolute atomic E-state index is 0.110. The molecule has 0 saturated carbocycles. The molecule has 3 rings (SSSR count). The van der Waals surface area contributed by atoms with Crippen LogP contribution < -0.4 is 5.32 Å². The first kappa shape index (κ1) is 20.6. The molecule has 1 atom stereocenters. The molecule has 1 aromatic carbocycles. The van der Waals surface area contributed by atoms with Crippen LogP contribution in [0.3, 0.4) is 0 Å². The molecule has 0 bridgehead atoms. The molecule has 28 heavy (non-hydrogen) atoms. The van der Waals surface area contributed by atoms with Crippen LogP contribution in [-0.2, 0) is 11.2 Å². The van der Waals surface area contributed by atoms with Gasteiger partial charge in [-0.3, -0.25) is 9.69 Å². The van der Waals surface area contributed by atoms with Crippen molar-refractivity contribution in [3.63, 3.8) is 0 Å². The van der Waals surface area contributed by atoms with Crippen LogP contribution in [0.1, 0.15) is 65.7 Å². The lowest BCUT2D eigenvalue weighted by atomic mass is 10.0. The van der Waals surface area contributed by atoms with Crippen molar-refractivity contribution in [2.45, 2.75) is 46.1 Å². The largest absolute Gasteiger partial charge is 0.379 e. The van der Waals surface area contributed by atoms with Crippen LogP contribution in [0.5, 0.6) is 0 Å². The summed E-state index contributed by atoms with van der Waals surface area (Å²) in [5.74, 6) is 0.634. The van der Waals surface area contributed by atoms with Crippen LogP contribution in [0.15, 0.2) is 28.8 Å². The predicted molar refractivity (Wildman–Crippen MR) is 109 cm³/mol. The third-order valence-electron chi connectivity index (χ3n) is 5.36. The Morgan fingerprint density at radius 1 is 1.21 bits per heavy atom. The van der Waals surface area contributed by atoms with E-state index in [4.69, 9.17) is 9.26 Å². The second-order valence-electron chi connectivity index (χ2n) is 7.63. The van der Waals surface area contributed by atoms with Crippen molar-refractivity contribution in [1.82, 2.24) is 15.4 Å². The van der Waals surface area contributed by atoms with E-state index in [1.807, 2.05) is 20.8 Å². The zero-order chi connectivity index (χ0) is 20.1. The van der Waals surface area contributed by atoms with Gasteiger partial charge in [0.2, 0.25) is 0 Å². The minimum Gasteiger partial charge on any atom is -0.379 e. The van der Waals surface area contributed by atoms with E-state index in [0.29, 0.717) is 23.6 Å². The molecule has 1 aromatic heterocycles. The van der Waals surface area contributed by atoms with Crippen LogP contribution in [-0.4, -0.2) is 48.8 Å². The van der Waals surface area contributed by atoms with Gasteiger partial charge < -0.3 is 14.6 Å². The number of benzene rings is 1. The molecule has 1 aliphatic heterocycles. The molecule has 2 aromatic rings. The Bertz CT molecular complexity index is 777. The van der Waals surface area contributed by atoms with Crippen LogP contribution in [0, 0.1) is 6.92 Å². The maximum Gasteiger partial charge on any atom is 0.256 e. The second-order valence-corrected chi connectivity index (χ2v) is 7.63. The quantitative estimate of drug-likeness (QED) is 0.790. The van der Waals surface area contributed by atoms with E-state index in [0.717, 1.165) is 32.7 Å². The summed E-state index contributed by atoms with van der Waals surface area (Å²) in [6.07, 6.45) is 1.02. The molecule has 0 radical (unpaired) electrons. The standard InChI is InChI=1S/C22H31N3O3/c1-5-17-6-8-18(9-7-17)19(25-10-12-27-13-11-25)14-23-22(26)20-16(4)24-28-21(20)15(2)3/h6-9,15,19H,5,10-14H2,1-4H3,(H,23,26). The van der Waals surface area contributed by atoms with E-state index in [1.165, 1.54) is 11.1 Å². The zero-order valence-corrected chi connectivity index (χ0v) is 17.3. The van der Waals surface area contributed by atoms with Gasteiger partial charge in [0.25, 0.3) is 5.91 Å². The maximum absolute atomic E-state index is 12.9. The number of aromatic nitrogens is 1. The van der Waals surface area contributed by atoms with Crippen LogP contribution >= 0.6 is 0 Å². The van der Waals surface area contributed by atoms with Crippen molar-refractivity contribution < 1.29 is 14.1 Å². The topological polar surface area (TPSA) is 67.6 Å². The van der Waals surface area contributed by atoms with Gasteiger partial charge in [-0.1, -0.05) is 50.2 Å². The molecule has 2 heterocycles. The van der Waals surface area contributed by atoms with Gasteiger partial charge in [-0.25, -0.2) is 0 Å². The lowest BCUT2D eigenvalue weighted by molar-refractivity contribution is 0.0162. The molecule has 1 saturated heterocycles. The van der Waals surface area contributed by atoms with Crippen molar-refractivity contribution in [2.75, 3.05) is 32.8 Å². The summed E-state index contributed by atoms with van der Waals surface area (Å²) in [6, 6.07) is 8.81. The van der Waals surface area contributed by atoms with Gasteiger partial charge in [0.1, 0.15) is 5.56 Å². The first-order chi connectivity index (χ1) is 13.5. The Balaban J connectivity index is 1.77. The number of ether oxygens (including phenoxy) is 1. The van der Waals surface area contributed by atoms with E-state index in [2.05, 4.69) is 46.6 Å². The molecule has 152 valence electrons. The second kappa shape index (κ2) is 9.34. The highest BCUT2D eigenvalue weighted by Gasteiger charge is 2.26.